The predicted molar refractivity (Wildman–Crippen MR) is 46.2 cm³/mol. The summed E-state index contributed by atoms with van der Waals surface area (Å²) in [6.45, 7) is 0. The maximum atomic E-state index is 11.1. The number of epoxide rings is 1. The summed E-state index contributed by atoms with van der Waals surface area (Å²) in [7, 11) is 1.41. The van der Waals surface area contributed by atoms with Crippen LogP contribution in [0.4, 0.5) is 0 Å². The van der Waals surface area contributed by atoms with Crippen LogP contribution < -0.4 is 0 Å². The van der Waals surface area contributed by atoms with Gasteiger partial charge < -0.3 is 9.47 Å². The molecule has 0 bridgehead atoms. The minimum Gasteiger partial charge on any atom is -0.467 e. The van der Waals surface area contributed by atoms with Gasteiger partial charge in [-0.1, -0.05) is 0 Å². The van der Waals surface area contributed by atoms with Gasteiger partial charge >= 0.3 is 5.97 Å². The molecule has 2 aliphatic rings. The fraction of sp³-hybridized carbons (Fsp3) is 0.875. The highest BCUT2D eigenvalue weighted by Crippen LogP contribution is 2.47. The van der Waals surface area contributed by atoms with Gasteiger partial charge in [-0.25, -0.2) is 4.79 Å². The van der Waals surface area contributed by atoms with E-state index in [9.17, 15) is 4.79 Å². The zero-order valence-electron chi connectivity index (χ0n) is 7.04. The molecule has 1 spiro atoms. The van der Waals surface area contributed by atoms with E-state index in [0.29, 0.717) is 0 Å². The first-order valence-corrected chi connectivity index (χ1v) is 5.27. The van der Waals surface area contributed by atoms with E-state index in [1.54, 1.807) is 0 Å². The van der Waals surface area contributed by atoms with Crippen LogP contribution in [0.3, 0.4) is 0 Å². The summed E-state index contributed by atoms with van der Waals surface area (Å²) in [6.07, 6.45) is 1.73. The topological polar surface area (TPSA) is 38.8 Å². The summed E-state index contributed by atoms with van der Waals surface area (Å²) >= 11 is 1.93. The predicted octanol–water partition coefficient (Wildman–Crippen LogP) is 0.824. The van der Waals surface area contributed by atoms with Gasteiger partial charge in [0.25, 0.3) is 0 Å². The zero-order chi connectivity index (χ0) is 8.60. The first kappa shape index (κ1) is 8.38. The zero-order valence-corrected chi connectivity index (χ0v) is 7.86. The molecule has 68 valence electrons. The maximum absolute atomic E-state index is 11.1. The van der Waals surface area contributed by atoms with Gasteiger partial charge in [0.1, 0.15) is 5.60 Å². The van der Waals surface area contributed by atoms with Crippen LogP contribution in [0, 0.1) is 0 Å². The molecular formula is C8H12O3S. The maximum Gasteiger partial charge on any atom is 0.338 e. The summed E-state index contributed by atoms with van der Waals surface area (Å²) in [5.74, 6) is 2.00. The molecule has 0 radical (unpaired) electrons. The Hall–Kier alpha value is -0.220. The minimum absolute atomic E-state index is 0.127. The second-order valence-corrected chi connectivity index (χ2v) is 4.42. The molecule has 0 aliphatic carbocycles. The molecule has 0 saturated carbocycles. The smallest absolute Gasteiger partial charge is 0.338 e. The van der Waals surface area contributed by atoms with E-state index >= 15 is 0 Å². The molecule has 2 fully saturated rings. The Kier molecular flexibility index (Phi) is 2.04. The lowest BCUT2D eigenvalue weighted by Gasteiger charge is -2.17. The second kappa shape index (κ2) is 2.92. The van der Waals surface area contributed by atoms with Crippen molar-refractivity contribution in [2.24, 2.45) is 0 Å². The molecule has 2 aliphatic heterocycles. The fourth-order valence-electron chi connectivity index (χ4n) is 1.67. The van der Waals surface area contributed by atoms with Gasteiger partial charge in [0.05, 0.1) is 7.11 Å². The lowest BCUT2D eigenvalue weighted by Crippen LogP contribution is -2.26. The number of esters is 1. The highest BCUT2D eigenvalue weighted by Gasteiger charge is 2.61. The van der Waals surface area contributed by atoms with Crippen LogP contribution in [-0.2, 0) is 14.3 Å². The second-order valence-electron chi connectivity index (χ2n) is 3.20. The normalized spacial score (nSPS) is 31.6. The molecule has 0 aromatic carbocycles. The van der Waals surface area contributed by atoms with Crippen molar-refractivity contribution < 1.29 is 14.3 Å². The summed E-state index contributed by atoms with van der Waals surface area (Å²) in [5, 5.41) is 0. The van der Waals surface area contributed by atoms with Crippen molar-refractivity contribution in [3.05, 3.63) is 0 Å². The molecule has 2 heterocycles. The number of ether oxygens (including phenoxy) is 2. The van der Waals surface area contributed by atoms with Gasteiger partial charge in [-0.3, -0.25) is 0 Å². The molecule has 1 atom stereocenters. The van der Waals surface area contributed by atoms with E-state index in [2.05, 4.69) is 4.74 Å². The summed E-state index contributed by atoms with van der Waals surface area (Å²) in [5.41, 5.74) is -0.127. The number of carbonyl (C=O) groups is 1. The monoisotopic (exact) mass is 188 g/mol. The van der Waals surface area contributed by atoms with Crippen LogP contribution in [0.1, 0.15) is 12.8 Å². The largest absolute Gasteiger partial charge is 0.467 e. The summed E-state index contributed by atoms with van der Waals surface area (Å²) in [6, 6.07) is 0. The molecule has 2 saturated heterocycles. The van der Waals surface area contributed by atoms with Crippen molar-refractivity contribution >= 4 is 17.7 Å². The first-order chi connectivity index (χ1) is 5.78. The molecule has 12 heavy (non-hydrogen) atoms. The van der Waals surface area contributed by atoms with Crippen molar-refractivity contribution in [3.63, 3.8) is 0 Å². The average Bonchev–Trinajstić information content (AvgIpc) is 2.80. The molecular weight excluding hydrogens is 176 g/mol. The van der Waals surface area contributed by atoms with Crippen LogP contribution >= 0.6 is 11.8 Å². The Morgan fingerprint density at radius 3 is 2.83 bits per heavy atom. The molecule has 4 heteroatoms. The fourth-order valence-corrected chi connectivity index (χ4v) is 2.85. The third kappa shape index (κ3) is 1.23. The minimum atomic E-state index is -0.261. The van der Waals surface area contributed by atoms with Crippen molar-refractivity contribution in [1.29, 1.82) is 0 Å². The molecule has 2 rings (SSSR count). The first-order valence-electron chi connectivity index (χ1n) is 4.12. The van der Waals surface area contributed by atoms with Crippen molar-refractivity contribution in [2.45, 2.75) is 24.5 Å². The number of hydrogen-bond acceptors (Lipinski definition) is 4. The van der Waals surface area contributed by atoms with Gasteiger partial charge in [-0.15, -0.1) is 0 Å². The molecule has 3 nitrogen and oxygen atoms in total. The highest BCUT2D eigenvalue weighted by molar-refractivity contribution is 7.99. The van der Waals surface area contributed by atoms with Gasteiger partial charge in [-0.2, -0.15) is 11.8 Å². The lowest BCUT2D eigenvalue weighted by atomic mass is 9.98. The Balaban J connectivity index is 1.95. The van der Waals surface area contributed by atoms with Crippen molar-refractivity contribution in [2.75, 3.05) is 18.6 Å². The number of thioether (sulfide) groups is 1. The number of hydrogen-bond donors (Lipinski definition) is 0. The van der Waals surface area contributed by atoms with E-state index < -0.39 is 0 Å². The quantitative estimate of drug-likeness (QED) is 0.451. The van der Waals surface area contributed by atoms with E-state index in [0.717, 1.165) is 24.3 Å². The van der Waals surface area contributed by atoms with E-state index in [1.807, 2.05) is 11.8 Å². The van der Waals surface area contributed by atoms with Crippen molar-refractivity contribution in [1.82, 2.24) is 0 Å². The average molecular weight is 188 g/mol. The third-order valence-corrected chi connectivity index (χ3v) is 3.51. The standard InChI is InChI=1S/C8H12O3S/c1-10-7(9)6-8(11-6)2-4-12-5-3-8/h6H,2-5H2,1H3. The van der Waals surface area contributed by atoms with Crippen LogP contribution in [0.25, 0.3) is 0 Å². The third-order valence-electron chi connectivity index (χ3n) is 2.53. The van der Waals surface area contributed by atoms with Crippen LogP contribution in [-0.4, -0.2) is 36.3 Å². The Morgan fingerprint density at radius 2 is 2.25 bits per heavy atom. The van der Waals surface area contributed by atoms with E-state index in [-0.39, 0.29) is 17.7 Å². The van der Waals surface area contributed by atoms with Gasteiger partial charge in [-0.05, 0) is 24.3 Å². The summed E-state index contributed by atoms with van der Waals surface area (Å²) in [4.78, 5) is 11.1. The van der Waals surface area contributed by atoms with Crippen molar-refractivity contribution in [3.8, 4) is 0 Å². The molecule has 1 unspecified atom stereocenters. The molecule has 0 N–H and O–H groups in total. The molecule has 0 amide bonds. The SMILES string of the molecule is COC(=O)C1OC12CCSCC2. The van der Waals surface area contributed by atoms with E-state index in [4.69, 9.17) is 4.74 Å². The Morgan fingerprint density at radius 1 is 1.58 bits per heavy atom. The number of carbonyl (C=O) groups excluding carboxylic acids is 1. The van der Waals surface area contributed by atoms with Crippen LogP contribution in [0.15, 0.2) is 0 Å². The Bertz CT molecular complexity index is 198. The van der Waals surface area contributed by atoms with E-state index in [1.165, 1.54) is 7.11 Å². The number of methoxy groups -OCH3 is 1. The number of rotatable bonds is 1. The van der Waals surface area contributed by atoms with Gasteiger partial charge in [0.2, 0.25) is 0 Å². The van der Waals surface area contributed by atoms with Crippen LogP contribution in [0.2, 0.25) is 0 Å². The summed E-state index contributed by atoms with van der Waals surface area (Å²) < 4.78 is 10.0. The van der Waals surface area contributed by atoms with Gasteiger partial charge in [0, 0.05) is 0 Å². The lowest BCUT2D eigenvalue weighted by molar-refractivity contribution is -0.142. The van der Waals surface area contributed by atoms with Gasteiger partial charge in [0.15, 0.2) is 6.10 Å². The molecule has 0 aromatic heterocycles. The van der Waals surface area contributed by atoms with Crippen LogP contribution in [0.5, 0.6) is 0 Å². The molecule has 0 aromatic rings. The highest BCUT2D eigenvalue weighted by atomic mass is 32.2. The Labute approximate surface area is 75.8 Å².